The number of pyridine rings is 1. The maximum absolute atomic E-state index is 13.6. The number of nitrogens with zero attached hydrogens (tertiary/aromatic N) is 1. The molecule has 0 saturated heterocycles. The molecule has 0 aliphatic rings. The van der Waals surface area contributed by atoms with Crippen molar-refractivity contribution in [2.24, 2.45) is 0 Å². The van der Waals surface area contributed by atoms with Crippen molar-refractivity contribution in [2.75, 3.05) is 0 Å². The molecule has 2 rings (SSSR count). The van der Waals surface area contributed by atoms with Gasteiger partial charge in [-0.3, -0.25) is 9.78 Å². The monoisotopic (exact) mass is 257 g/mol. The number of hydrogen-bond donors (Lipinski definition) is 0. The Hall–Kier alpha value is -2.49. The van der Waals surface area contributed by atoms with E-state index < -0.39 is 5.82 Å². The first-order valence-corrected chi connectivity index (χ1v) is 5.73. The minimum absolute atomic E-state index is 0.282. The lowest BCUT2D eigenvalue weighted by atomic mass is 10.2. The zero-order chi connectivity index (χ0) is 13.5. The van der Waals surface area contributed by atoms with E-state index in [4.69, 9.17) is 4.74 Å². The molecule has 0 aliphatic heterocycles. The van der Waals surface area contributed by atoms with Crippen molar-refractivity contribution in [1.82, 2.24) is 4.98 Å². The number of hydrogen-bond acceptors (Lipinski definition) is 3. The highest BCUT2D eigenvalue weighted by atomic mass is 19.1. The quantitative estimate of drug-likeness (QED) is 0.610. The fourth-order valence-corrected chi connectivity index (χ4v) is 1.52. The first-order valence-electron chi connectivity index (χ1n) is 5.73. The van der Waals surface area contributed by atoms with Gasteiger partial charge in [-0.15, -0.1) is 0 Å². The van der Waals surface area contributed by atoms with Gasteiger partial charge in [-0.2, -0.15) is 0 Å². The van der Waals surface area contributed by atoms with E-state index in [0.717, 1.165) is 5.69 Å². The van der Waals surface area contributed by atoms with Gasteiger partial charge in [0.2, 0.25) is 0 Å². The topological polar surface area (TPSA) is 39.2 Å². The van der Waals surface area contributed by atoms with Crippen LogP contribution < -0.4 is 4.74 Å². The zero-order valence-corrected chi connectivity index (χ0v) is 10.1. The first kappa shape index (κ1) is 13.0. The van der Waals surface area contributed by atoms with Gasteiger partial charge < -0.3 is 4.74 Å². The van der Waals surface area contributed by atoms with Crippen LogP contribution in [0.2, 0.25) is 0 Å². The lowest BCUT2D eigenvalue weighted by molar-refractivity contribution is -0.104. The second-order valence-electron chi connectivity index (χ2n) is 3.79. The van der Waals surface area contributed by atoms with Crippen LogP contribution in [0.3, 0.4) is 0 Å². The number of benzene rings is 1. The maximum atomic E-state index is 13.6. The van der Waals surface area contributed by atoms with E-state index in [1.54, 1.807) is 18.3 Å². The Balaban J connectivity index is 2.04. The Morgan fingerprint density at radius 2 is 2.16 bits per heavy atom. The lowest BCUT2D eigenvalue weighted by Gasteiger charge is -2.06. The minimum Gasteiger partial charge on any atom is -0.487 e. The highest BCUT2D eigenvalue weighted by molar-refractivity contribution is 5.74. The maximum Gasteiger partial charge on any atom is 0.142 e. The smallest absolute Gasteiger partial charge is 0.142 e. The van der Waals surface area contributed by atoms with Crippen LogP contribution in [-0.2, 0) is 11.4 Å². The molecule has 0 unspecified atom stereocenters. The van der Waals surface area contributed by atoms with Gasteiger partial charge in [0.1, 0.15) is 24.5 Å². The van der Waals surface area contributed by atoms with Gasteiger partial charge in [0.15, 0.2) is 0 Å². The summed E-state index contributed by atoms with van der Waals surface area (Å²) in [4.78, 5) is 14.3. The van der Waals surface area contributed by atoms with Crippen molar-refractivity contribution in [3.63, 3.8) is 0 Å². The summed E-state index contributed by atoms with van der Waals surface area (Å²) in [5.74, 6) is -0.0111. The average Bonchev–Trinajstić information content (AvgIpc) is 2.45. The van der Waals surface area contributed by atoms with Crippen LogP contribution in [0.4, 0.5) is 4.39 Å². The van der Waals surface area contributed by atoms with Crippen LogP contribution in [0.25, 0.3) is 6.08 Å². The molecule has 0 fully saturated rings. The summed E-state index contributed by atoms with van der Waals surface area (Å²) in [6, 6.07) is 10.0. The molecular weight excluding hydrogens is 245 g/mol. The normalized spacial score (nSPS) is 10.6. The third-order valence-corrected chi connectivity index (χ3v) is 2.44. The van der Waals surface area contributed by atoms with E-state index in [-0.39, 0.29) is 6.61 Å². The van der Waals surface area contributed by atoms with E-state index in [1.807, 2.05) is 18.2 Å². The van der Waals surface area contributed by atoms with Crippen molar-refractivity contribution >= 4 is 12.4 Å². The van der Waals surface area contributed by atoms with Gasteiger partial charge in [0.25, 0.3) is 0 Å². The largest absolute Gasteiger partial charge is 0.487 e. The third-order valence-electron chi connectivity index (χ3n) is 2.44. The SMILES string of the molecule is O=C/C=C/c1ccc(OCc2ccccn2)cc1F. The van der Waals surface area contributed by atoms with Gasteiger partial charge in [-0.05, 0) is 36.4 Å². The molecule has 0 amide bonds. The number of aromatic nitrogens is 1. The van der Waals surface area contributed by atoms with Crippen molar-refractivity contribution in [3.05, 3.63) is 65.7 Å². The highest BCUT2D eigenvalue weighted by Gasteiger charge is 2.02. The molecule has 0 aliphatic carbocycles. The molecule has 3 nitrogen and oxygen atoms in total. The Kier molecular flexibility index (Phi) is 4.39. The van der Waals surface area contributed by atoms with E-state index in [1.165, 1.54) is 18.2 Å². The second-order valence-corrected chi connectivity index (χ2v) is 3.79. The molecule has 0 saturated carbocycles. The fourth-order valence-electron chi connectivity index (χ4n) is 1.52. The van der Waals surface area contributed by atoms with Gasteiger partial charge in [0.05, 0.1) is 5.69 Å². The molecule has 1 heterocycles. The number of allylic oxidation sites excluding steroid dienone is 1. The van der Waals surface area contributed by atoms with Crippen molar-refractivity contribution in [1.29, 1.82) is 0 Å². The molecule has 1 aromatic heterocycles. The van der Waals surface area contributed by atoms with Crippen LogP contribution in [0.1, 0.15) is 11.3 Å². The van der Waals surface area contributed by atoms with E-state index in [2.05, 4.69) is 4.98 Å². The molecular formula is C15H12FNO2. The van der Waals surface area contributed by atoms with Crippen LogP contribution in [0.5, 0.6) is 5.75 Å². The summed E-state index contributed by atoms with van der Waals surface area (Å²) in [7, 11) is 0. The molecule has 0 atom stereocenters. The standard InChI is InChI=1S/C15H12FNO2/c16-15-10-14(7-6-12(15)4-3-9-18)19-11-13-5-1-2-8-17-13/h1-10H,11H2/b4-3+. The average molecular weight is 257 g/mol. The van der Waals surface area contributed by atoms with E-state index >= 15 is 0 Å². The highest BCUT2D eigenvalue weighted by Crippen LogP contribution is 2.18. The van der Waals surface area contributed by atoms with Gasteiger partial charge in [-0.25, -0.2) is 4.39 Å². The Morgan fingerprint density at radius 3 is 2.84 bits per heavy atom. The van der Waals surface area contributed by atoms with E-state index in [9.17, 15) is 9.18 Å². The molecule has 0 N–H and O–H groups in total. The second kappa shape index (κ2) is 6.44. The molecule has 0 bridgehead atoms. The summed E-state index contributed by atoms with van der Waals surface area (Å²) in [5.41, 5.74) is 1.12. The number of carbonyl (C=O) groups is 1. The number of ether oxygens (including phenoxy) is 1. The Bertz CT molecular complexity index is 582. The number of carbonyl (C=O) groups excluding carboxylic acids is 1. The Morgan fingerprint density at radius 1 is 1.26 bits per heavy atom. The van der Waals surface area contributed by atoms with Gasteiger partial charge in [-0.1, -0.05) is 6.07 Å². The first-order chi connectivity index (χ1) is 9.29. The number of rotatable bonds is 5. The van der Waals surface area contributed by atoms with E-state index in [0.29, 0.717) is 17.6 Å². The van der Waals surface area contributed by atoms with Crippen molar-refractivity contribution in [3.8, 4) is 5.75 Å². The van der Waals surface area contributed by atoms with Crippen LogP contribution in [0, 0.1) is 5.82 Å². The Labute approximate surface area is 110 Å². The predicted octanol–water partition coefficient (Wildman–Crippen LogP) is 3.01. The summed E-state index contributed by atoms with van der Waals surface area (Å²) in [5, 5.41) is 0. The third kappa shape index (κ3) is 3.74. The molecule has 1 aromatic carbocycles. The molecule has 96 valence electrons. The van der Waals surface area contributed by atoms with Gasteiger partial charge in [0, 0.05) is 17.8 Å². The zero-order valence-electron chi connectivity index (χ0n) is 10.1. The number of aldehydes is 1. The molecule has 2 aromatic rings. The number of halogens is 1. The summed E-state index contributed by atoms with van der Waals surface area (Å²) < 4.78 is 19.1. The fraction of sp³-hybridized carbons (Fsp3) is 0.0667. The minimum atomic E-state index is -0.434. The summed E-state index contributed by atoms with van der Waals surface area (Å²) >= 11 is 0. The predicted molar refractivity (Wildman–Crippen MR) is 70.1 cm³/mol. The summed E-state index contributed by atoms with van der Waals surface area (Å²) in [6.07, 6.45) is 4.93. The van der Waals surface area contributed by atoms with Crippen molar-refractivity contribution < 1.29 is 13.9 Å². The molecule has 19 heavy (non-hydrogen) atoms. The summed E-state index contributed by atoms with van der Waals surface area (Å²) in [6.45, 7) is 0.282. The van der Waals surface area contributed by atoms with Crippen molar-refractivity contribution in [2.45, 2.75) is 6.61 Å². The van der Waals surface area contributed by atoms with Crippen LogP contribution in [-0.4, -0.2) is 11.3 Å². The van der Waals surface area contributed by atoms with Crippen LogP contribution >= 0.6 is 0 Å². The molecule has 0 radical (unpaired) electrons. The molecule has 4 heteroatoms. The van der Waals surface area contributed by atoms with Crippen LogP contribution in [0.15, 0.2) is 48.7 Å². The molecule has 0 spiro atoms. The lowest BCUT2D eigenvalue weighted by Crippen LogP contribution is -1.98. The van der Waals surface area contributed by atoms with Gasteiger partial charge >= 0.3 is 0 Å².